The average molecular weight is 825 g/mol. The number of aryl methyl sites for hydroxylation is 2. The lowest BCUT2D eigenvalue weighted by Crippen LogP contribution is -2.52. The topological polar surface area (TPSA) is 295 Å². The molecule has 0 spiro atoms. The van der Waals surface area contributed by atoms with Crippen LogP contribution in [0.5, 0.6) is 23.0 Å². The Labute approximate surface area is 337 Å². The second-order valence-electron chi connectivity index (χ2n) is 14.9. The highest BCUT2D eigenvalue weighted by atomic mass is 16.6. The van der Waals surface area contributed by atoms with Crippen LogP contribution in [0.1, 0.15) is 52.1 Å². The zero-order valence-corrected chi connectivity index (χ0v) is 31.7. The van der Waals surface area contributed by atoms with Crippen LogP contribution in [0.4, 0.5) is 0 Å². The number of allylic oxidation sites excluding steroid dienone is 5. The molecule has 2 aromatic carbocycles. The smallest absolute Gasteiger partial charge is 0.343 e. The Hall–Kier alpha value is -7.76. The van der Waals surface area contributed by atoms with Crippen molar-refractivity contribution < 1.29 is 87.9 Å². The minimum Gasteiger partial charge on any atom is -0.508 e. The molecule has 0 bridgehead atoms. The Kier molecular flexibility index (Phi) is 9.41. The number of carboxylic acids is 2. The molecule has 2 aromatic rings. The number of aromatic hydroxyl groups is 4. The summed E-state index contributed by atoms with van der Waals surface area (Å²) >= 11 is 0. The lowest BCUT2D eigenvalue weighted by atomic mass is 9.64. The van der Waals surface area contributed by atoms with E-state index in [9.17, 15) is 69.0 Å². The van der Waals surface area contributed by atoms with Crippen molar-refractivity contribution in [2.45, 2.75) is 45.3 Å². The Morgan fingerprint density at radius 2 is 1.17 bits per heavy atom. The molecule has 18 heteroatoms. The van der Waals surface area contributed by atoms with Gasteiger partial charge in [-0.3, -0.25) is 28.8 Å². The third-order valence-corrected chi connectivity index (χ3v) is 11.0. The fraction of sp³-hybridized carbons (Fsp3) is 0.238. The zero-order valence-electron chi connectivity index (χ0n) is 31.7. The van der Waals surface area contributed by atoms with Crippen LogP contribution in [0.15, 0.2) is 94.4 Å². The number of hydrogen-bond acceptors (Lipinski definition) is 16. The van der Waals surface area contributed by atoms with Crippen LogP contribution in [-0.4, -0.2) is 88.9 Å². The van der Waals surface area contributed by atoms with E-state index in [1.807, 2.05) is 0 Å². The first-order valence-electron chi connectivity index (χ1n) is 17.9. The molecule has 308 valence electrons. The van der Waals surface area contributed by atoms with Crippen molar-refractivity contribution in [3.8, 4) is 23.0 Å². The average Bonchev–Trinajstić information content (AvgIpc) is 3.14. The van der Waals surface area contributed by atoms with E-state index in [4.69, 9.17) is 18.9 Å². The first-order valence-corrected chi connectivity index (χ1v) is 17.9. The van der Waals surface area contributed by atoms with Gasteiger partial charge in [-0.05, 0) is 80.3 Å². The molecule has 18 nitrogen and oxygen atoms in total. The number of ether oxygens (including phenoxy) is 4. The number of carbonyl (C=O) groups excluding carboxylic acids is 6. The van der Waals surface area contributed by atoms with Crippen LogP contribution in [0.3, 0.4) is 0 Å². The van der Waals surface area contributed by atoms with Gasteiger partial charge in [-0.1, -0.05) is 0 Å². The summed E-state index contributed by atoms with van der Waals surface area (Å²) in [5.74, 6) is -18.1. The number of fused-ring (bicyclic) bond motifs is 3. The molecular formula is C42H32O18. The van der Waals surface area contributed by atoms with Gasteiger partial charge in [-0.2, -0.15) is 0 Å². The van der Waals surface area contributed by atoms with Crippen LogP contribution in [0.2, 0.25) is 0 Å². The van der Waals surface area contributed by atoms with Gasteiger partial charge in [0.1, 0.15) is 58.2 Å². The number of benzene rings is 2. The molecule has 0 amide bonds. The maximum Gasteiger partial charge on any atom is 0.343 e. The summed E-state index contributed by atoms with van der Waals surface area (Å²) in [6.45, 7) is 4.71. The van der Waals surface area contributed by atoms with Gasteiger partial charge >= 0.3 is 23.9 Å². The van der Waals surface area contributed by atoms with Gasteiger partial charge < -0.3 is 49.6 Å². The predicted octanol–water partition coefficient (Wildman–Crippen LogP) is 3.20. The van der Waals surface area contributed by atoms with Crippen molar-refractivity contribution in [2.75, 3.05) is 0 Å². The molecule has 2 heterocycles. The summed E-state index contributed by atoms with van der Waals surface area (Å²) < 4.78 is 22.4. The number of ketones is 4. The van der Waals surface area contributed by atoms with Crippen LogP contribution in [0.25, 0.3) is 0 Å². The maximum atomic E-state index is 14.1. The number of phenols is 4. The fourth-order valence-corrected chi connectivity index (χ4v) is 7.91. The number of Topliss-reactive ketones (excluding diaryl/α,β-unsaturated/α-hetero) is 2. The second kappa shape index (κ2) is 14.0. The lowest BCUT2D eigenvalue weighted by molar-refractivity contribution is -0.156. The van der Waals surface area contributed by atoms with E-state index in [0.29, 0.717) is 0 Å². The summed E-state index contributed by atoms with van der Waals surface area (Å²) in [5, 5.41) is 60.9. The normalized spacial score (nSPS) is 25.7. The molecule has 0 fully saturated rings. The van der Waals surface area contributed by atoms with Gasteiger partial charge in [0.05, 0.1) is 28.9 Å². The van der Waals surface area contributed by atoms with Gasteiger partial charge in [-0.25, -0.2) is 9.59 Å². The third kappa shape index (κ3) is 6.19. The summed E-state index contributed by atoms with van der Waals surface area (Å²) in [6.07, 6.45) is 4.06. The highest BCUT2D eigenvalue weighted by Crippen LogP contribution is 2.52. The number of carbonyl (C=O) groups is 8. The molecule has 0 unspecified atom stereocenters. The second-order valence-corrected chi connectivity index (χ2v) is 14.9. The fourth-order valence-electron chi connectivity index (χ4n) is 7.91. The van der Waals surface area contributed by atoms with Gasteiger partial charge in [0.2, 0.25) is 34.3 Å². The van der Waals surface area contributed by atoms with Crippen LogP contribution >= 0.6 is 0 Å². The molecule has 6 N–H and O–H groups in total. The monoisotopic (exact) mass is 824 g/mol. The van der Waals surface area contributed by atoms with E-state index in [-0.39, 0.29) is 62.0 Å². The maximum absolute atomic E-state index is 14.1. The Morgan fingerprint density at radius 1 is 0.667 bits per heavy atom. The minimum atomic E-state index is -2.56. The van der Waals surface area contributed by atoms with Gasteiger partial charge in [0.15, 0.2) is 0 Å². The molecule has 0 saturated carbocycles. The van der Waals surface area contributed by atoms with Crippen molar-refractivity contribution in [2.24, 2.45) is 17.8 Å². The SMILES string of the molecule is Cc1cc(O)cc(O)c1C(=O)O[C@@]1(C)C(=O)C=C2C(=COC3=C2[C@@H](C2=CC4=CC(=O)[C@@](C)(OC(=O)c5c(C)cc(O)cc5O)C(=O)C4=CO2)[C@H](C(=O)O)[C@@H](C(=O)O)C3)C1=O. The molecule has 2 aliphatic heterocycles. The minimum absolute atomic E-state index is 0.0466. The number of esters is 2. The van der Waals surface area contributed by atoms with Gasteiger partial charge in [-0.15, -0.1) is 0 Å². The lowest BCUT2D eigenvalue weighted by Gasteiger charge is -2.42. The first-order chi connectivity index (χ1) is 28.1. The van der Waals surface area contributed by atoms with E-state index < -0.39 is 105 Å². The summed E-state index contributed by atoms with van der Waals surface area (Å²) in [7, 11) is 0. The standard InChI is InChI=1S/C42H32O18/c1-15-5-18(43)9-24(45)30(15)39(55)59-41(3)28(47)8-17-7-26(57-13-22(17)35(41)49)34-32-20-12-29(48)42(4,60-40(56)31-16(2)6-19(44)10-25(31)46)36(50)23(20)14-58-27(32)11-21(37(51)52)33(34)38(53)54/h5-10,12-14,21,33-34,43-46H,11H2,1-4H3,(H,51,52)(H,53,54)/t21-,33+,34+,41+,42-/m0/s1. The first kappa shape index (κ1) is 40.4. The van der Waals surface area contributed by atoms with Gasteiger partial charge in [0.25, 0.3) is 0 Å². The molecule has 3 aliphatic carbocycles. The Balaban J connectivity index is 1.28. The summed E-state index contributed by atoms with van der Waals surface area (Å²) in [6, 6.07) is 3.98. The zero-order chi connectivity index (χ0) is 43.9. The van der Waals surface area contributed by atoms with Crippen molar-refractivity contribution in [1.82, 2.24) is 0 Å². The highest BCUT2D eigenvalue weighted by Gasteiger charge is 2.57. The quantitative estimate of drug-likeness (QED) is 0.173. The van der Waals surface area contributed by atoms with E-state index in [0.717, 1.165) is 68.9 Å². The van der Waals surface area contributed by atoms with Crippen molar-refractivity contribution in [3.63, 3.8) is 0 Å². The van der Waals surface area contributed by atoms with Gasteiger partial charge in [0, 0.05) is 24.1 Å². The molecule has 0 aromatic heterocycles. The number of carboxylic acid groups (broad SMARTS) is 2. The highest BCUT2D eigenvalue weighted by molar-refractivity contribution is 6.28. The summed E-state index contributed by atoms with van der Waals surface area (Å²) in [5.41, 5.74) is -7.12. The molecule has 0 saturated heterocycles. The van der Waals surface area contributed by atoms with Crippen molar-refractivity contribution in [1.29, 1.82) is 0 Å². The number of hydrogen-bond donors (Lipinski definition) is 6. The van der Waals surface area contributed by atoms with Crippen LogP contribution < -0.4 is 0 Å². The molecule has 0 radical (unpaired) electrons. The Morgan fingerprint density at radius 3 is 1.67 bits per heavy atom. The Bertz CT molecular complexity index is 2600. The summed E-state index contributed by atoms with van der Waals surface area (Å²) in [4.78, 5) is 108. The largest absolute Gasteiger partial charge is 0.508 e. The number of aliphatic carboxylic acids is 2. The molecular weight excluding hydrogens is 792 g/mol. The third-order valence-electron chi connectivity index (χ3n) is 11.0. The molecule has 5 atom stereocenters. The van der Waals surface area contributed by atoms with Crippen molar-refractivity contribution >= 4 is 47.0 Å². The van der Waals surface area contributed by atoms with Crippen LogP contribution in [-0.2, 0) is 47.7 Å². The number of rotatable bonds is 7. The van der Waals surface area contributed by atoms with E-state index in [1.54, 1.807) is 0 Å². The van der Waals surface area contributed by atoms with Crippen molar-refractivity contribution in [3.05, 3.63) is 117 Å². The molecule has 5 aliphatic rings. The van der Waals surface area contributed by atoms with E-state index >= 15 is 0 Å². The predicted molar refractivity (Wildman–Crippen MR) is 197 cm³/mol. The van der Waals surface area contributed by atoms with Crippen LogP contribution in [0, 0.1) is 31.6 Å². The number of phenolic OH excluding ortho intramolecular Hbond substituents is 4. The molecule has 60 heavy (non-hydrogen) atoms. The van der Waals surface area contributed by atoms with E-state index in [2.05, 4.69) is 0 Å². The van der Waals surface area contributed by atoms with E-state index in [1.165, 1.54) is 13.8 Å². The molecule has 7 rings (SSSR count).